The number of rotatable bonds is 3. The summed E-state index contributed by atoms with van der Waals surface area (Å²) in [6.45, 7) is 0. The normalized spacial score (nSPS) is 10.2. The Morgan fingerprint density at radius 1 is 1.16 bits per heavy atom. The van der Waals surface area contributed by atoms with Crippen molar-refractivity contribution in [2.45, 2.75) is 0 Å². The van der Waals surface area contributed by atoms with Crippen molar-refractivity contribution in [1.29, 1.82) is 0 Å². The number of nitrogens with zero attached hydrogens (tertiary/aromatic N) is 1. The zero-order valence-electron chi connectivity index (χ0n) is 10.4. The van der Waals surface area contributed by atoms with Gasteiger partial charge < -0.3 is 16.4 Å². The van der Waals surface area contributed by atoms with E-state index in [1.165, 1.54) is 12.1 Å². The first kappa shape index (κ1) is 12.9. The summed E-state index contributed by atoms with van der Waals surface area (Å²) in [7, 11) is 1.76. The molecule has 4 nitrogen and oxygen atoms in total. The van der Waals surface area contributed by atoms with Gasteiger partial charge in [0.1, 0.15) is 5.82 Å². The first-order valence-corrected chi connectivity index (χ1v) is 5.67. The van der Waals surface area contributed by atoms with Crippen molar-refractivity contribution in [1.82, 2.24) is 0 Å². The molecule has 0 fully saturated rings. The highest BCUT2D eigenvalue weighted by atomic mass is 19.1. The molecule has 19 heavy (non-hydrogen) atoms. The summed E-state index contributed by atoms with van der Waals surface area (Å²) in [6.07, 6.45) is 0. The predicted octanol–water partition coefficient (Wildman–Crippen LogP) is 2.27. The molecule has 0 bridgehead atoms. The molecule has 0 unspecified atom stereocenters. The third-order valence-corrected chi connectivity index (χ3v) is 2.86. The molecule has 5 heteroatoms. The third-order valence-electron chi connectivity index (χ3n) is 2.86. The zero-order valence-corrected chi connectivity index (χ0v) is 10.4. The Morgan fingerprint density at radius 3 is 2.37 bits per heavy atom. The lowest BCUT2D eigenvalue weighted by Gasteiger charge is -2.22. The molecule has 0 atom stereocenters. The molecule has 0 saturated carbocycles. The van der Waals surface area contributed by atoms with Crippen LogP contribution in [-0.2, 0) is 0 Å². The third kappa shape index (κ3) is 2.65. The number of hydrogen-bond donors (Lipinski definition) is 2. The molecule has 0 aliphatic heterocycles. The standard InChI is InChI=1S/C14H14FN3O/c1-18(11-5-2-9(15)3-6-11)13-8-10(16)4-7-12(13)14(17)19/h2-8H,16H2,1H3,(H2,17,19). The fourth-order valence-electron chi connectivity index (χ4n) is 1.84. The molecular weight excluding hydrogens is 245 g/mol. The van der Waals surface area contributed by atoms with Gasteiger partial charge in [-0.3, -0.25) is 4.79 Å². The zero-order chi connectivity index (χ0) is 14.0. The van der Waals surface area contributed by atoms with Gasteiger partial charge in [-0.05, 0) is 42.5 Å². The van der Waals surface area contributed by atoms with E-state index in [9.17, 15) is 9.18 Å². The minimum atomic E-state index is -0.538. The van der Waals surface area contributed by atoms with E-state index in [-0.39, 0.29) is 5.82 Å². The fraction of sp³-hybridized carbons (Fsp3) is 0.0714. The highest BCUT2D eigenvalue weighted by Gasteiger charge is 2.13. The largest absolute Gasteiger partial charge is 0.399 e. The van der Waals surface area contributed by atoms with E-state index in [0.29, 0.717) is 16.9 Å². The number of anilines is 3. The number of halogens is 1. The number of carbonyl (C=O) groups excluding carboxylic acids is 1. The number of benzene rings is 2. The van der Waals surface area contributed by atoms with Crippen LogP contribution in [-0.4, -0.2) is 13.0 Å². The van der Waals surface area contributed by atoms with Gasteiger partial charge in [-0.1, -0.05) is 0 Å². The molecular formula is C14H14FN3O. The number of nitrogens with two attached hydrogens (primary N) is 2. The Balaban J connectivity index is 2.48. The van der Waals surface area contributed by atoms with Crippen LogP contribution in [0, 0.1) is 5.82 Å². The molecule has 0 spiro atoms. The lowest BCUT2D eigenvalue weighted by atomic mass is 10.1. The van der Waals surface area contributed by atoms with E-state index in [4.69, 9.17) is 11.5 Å². The molecule has 0 aromatic heterocycles. The number of carbonyl (C=O) groups is 1. The van der Waals surface area contributed by atoms with Crippen LogP contribution in [0.25, 0.3) is 0 Å². The summed E-state index contributed by atoms with van der Waals surface area (Å²) in [5.74, 6) is -0.858. The van der Waals surface area contributed by atoms with Crippen molar-refractivity contribution in [3.05, 3.63) is 53.8 Å². The van der Waals surface area contributed by atoms with Crippen LogP contribution in [0.15, 0.2) is 42.5 Å². The molecule has 2 rings (SSSR count). The molecule has 0 radical (unpaired) electrons. The Bertz CT molecular complexity index is 611. The second kappa shape index (κ2) is 4.97. The summed E-state index contributed by atoms with van der Waals surface area (Å²) in [5.41, 5.74) is 13.3. The van der Waals surface area contributed by atoms with Gasteiger partial charge in [-0.25, -0.2) is 4.39 Å². The van der Waals surface area contributed by atoms with Crippen LogP contribution in [0.1, 0.15) is 10.4 Å². The van der Waals surface area contributed by atoms with Gasteiger partial charge in [-0.15, -0.1) is 0 Å². The number of nitrogen functional groups attached to an aromatic ring is 1. The summed E-state index contributed by atoms with van der Waals surface area (Å²) in [5, 5.41) is 0. The van der Waals surface area contributed by atoms with Crippen LogP contribution >= 0.6 is 0 Å². The van der Waals surface area contributed by atoms with Gasteiger partial charge in [0.2, 0.25) is 0 Å². The highest BCUT2D eigenvalue weighted by molar-refractivity contribution is 6.00. The van der Waals surface area contributed by atoms with Crippen LogP contribution in [0.2, 0.25) is 0 Å². The molecule has 2 aromatic rings. The maximum atomic E-state index is 12.9. The van der Waals surface area contributed by atoms with Gasteiger partial charge in [0.25, 0.3) is 5.91 Å². The topological polar surface area (TPSA) is 72.3 Å². The molecule has 2 aromatic carbocycles. The van der Waals surface area contributed by atoms with Gasteiger partial charge in [0, 0.05) is 18.4 Å². The van der Waals surface area contributed by atoms with E-state index < -0.39 is 5.91 Å². The predicted molar refractivity (Wildman–Crippen MR) is 73.8 cm³/mol. The molecule has 1 amide bonds. The minimum Gasteiger partial charge on any atom is -0.399 e. The molecule has 0 heterocycles. The molecule has 98 valence electrons. The smallest absolute Gasteiger partial charge is 0.250 e. The number of primary amides is 1. The lowest BCUT2D eigenvalue weighted by Crippen LogP contribution is -2.18. The van der Waals surface area contributed by atoms with Crippen molar-refractivity contribution >= 4 is 23.0 Å². The monoisotopic (exact) mass is 259 g/mol. The van der Waals surface area contributed by atoms with E-state index in [1.807, 2.05) is 0 Å². The Hall–Kier alpha value is -2.56. The second-order valence-electron chi connectivity index (χ2n) is 4.18. The fourth-order valence-corrected chi connectivity index (χ4v) is 1.84. The van der Waals surface area contributed by atoms with E-state index >= 15 is 0 Å². The lowest BCUT2D eigenvalue weighted by molar-refractivity contribution is 0.100. The van der Waals surface area contributed by atoms with Crippen molar-refractivity contribution in [3.8, 4) is 0 Å². The number of amides is 1. The molecule has 0 aliphatic carbocycles. The summed E-state index contributed by atoms with van der Waals surface area (Å²) in [6, 6.07) is 10.8. The average molecular weight is 259 g/mol. The SMILES string of the molecule is CN(c1ccc(F)cc1)c1cc(N)ccc1C(N)=O. The van der Waals surface area contributed by atoms with Crippen molar-refractivity contribution in [2.75, 3.05) is 17.7 Å². The Labute approximate surface area is 110 Å². The van der Waals surface area contributed by atoms with Crippen LogP contribution in [0.5, 0.6) is 0 Å². The Morgan fingerprint density at radius 2 is 1.79 bits per heavy atom. The van der Waals surface area contributed by atoms with Gasteiger partial charge in [0.05, 0.1) is 11.3 Å². The first-order valence-electron chi connectivity index (χ1n) is 5.67. The van der Waals surface area contributed by atoms with Crippen molar-refractivity contribution in [3.63, 3.8) is 0 Å². The summed E-state index contributed by atoms with van der Waals surface area (Å²) >= 11 is 0. The molecule has 0 saturated heterocycles. The summed E-state index contributed by atoms with van der Waals surface area (Å²) < 4.78 is 12.9. The van der Waals surface area contributed by atoms with Crippen molar-refractivity contribution in [2.24, 2.45) is 5.73 Å². The van der Waals surface area contributed by atoms with Crippen LogP contribution in [0.3, 0.4) is 0 Å². The second-order valence-corrected chi connectivity index (χ2v) is 4.18. The average Bonchev–Trinajstić information content (AvgIpc) is 2.38. The Kier molecular flexibility index (Phi) is 3.37. The first-order chi connectivity index (χ1) is 8.99. The van der Waals surface area contributed by atoms with Crippen LogP contribution in [0.4, 0.5) is 21.5 Å². The minimum absolute atomic E-state index is 0.320. The maximum Gasteiger partial charge on any atom is 0.250 e. The van der Waals surface area contributed by atoms with Crippen molar-refractivity contribution < 1.29 is 9.18 Å². The van der Waals surface area contributed by atoms with Gasteiger partial charge in [-0.2, -0.15) is 0 Å². The molecule has 4 N–H and O–H groups in total. The number of hydrogen-bond acceptors (Lipinski definition) is 3. The maximum absolute atomic E-state index is 12.9. The summed E-state index contributed by atoms with van der Waals surface area (Å²) in [4.78, 5) is 13.1. The van der Waals surface area contributed by atoms with Gasteiger partial charge >= 0.3 is 0 Å². The van der Waals surface area contributed by atoms with E-state index in [0.717, 1.165) is 5.69 Å². The quantitative estimate of drug-likeness (QED) is 0.830. The van der Waals surface area contributed by atoms with E-state index in [2.05, 4.69) is 0 Å². The highest BCUT2D eigenvalue weighted by Crippen LogP contribution is 2.28. The molecule has 0 aliphatic rings. The van der Waals surface area contributed by atoms with Crippen LogP contribution < -0.4 is 16.4 Å². The van der Waals surface area contributed by atoms with E-state index in [1.54, 1.807) is 42.3 Å². The van der Waals surface area contributed by atoms with Gasteiger partial charge in [0.15, 0.2) is 0 Å².